The highest BCUT2D eigenvalue weighted by Gasteiger charge is 2.28. The van der Waals surface area contributed by atoms with Crippen molar-refractivity contribution in [2.24, 2.45) is 0 Å². The average molecular weight is 384 g/mol. The zero-order valence-corrected chi connectivity index (χ0v) is 15.5. The quantitative estimate of drug-likeness (QED) is 0.877. The predicted octanol–water partition coefficient (Wildman–Crippen LogP) is 3.48. The van der Waals surface area contributed by atoms with E-state index < -0.39 is 0 Å². The molecule has 0 bridgehead atoms. The fraction of sp³-hybridized carbons (Fsp3) is 0.533. The molecule has 1 saturated heterocycles. The number of nitrogens with one attached hydrogen (secondary N) is 1. The zero-order valence-electron chi connectivity index (χ0n) is 13.1. The molecule has 128 valence electrons. The van der Waals surface area contributed by atoms with Crippen LogP contribution in [0.5, 0.6) is 0 Å². The molecule has 0 unspecified atom stereocenters. The van der Waals surface area contributed by atoms with Gasteiger partial charge in [0.1, 0.15) is 5.01 Å². The number of anilines is 1. The molecule has 2 aromatic rings. The summed E-state index contributed by atoms with van der Waals surface area (Å²) in [6, 6.07) is 3.93. The highest BCUT2D eigenvalue weighted by atomic mass is 35.5. The SMILES string of the molecule is O=C(Nc1nnc(C2CC2)s1)N1CCN(Cc2ccc(Cl)s2)CC1. The van der Waals surface area contributed by atoms with Crippen LogP contribution in [0.3, 0.4) is 0 Å². The van der Waals surface area contributed by atoms with Gasteiger partial charge in [0.05, 0.1) is 4.34 Å². The maximum absolute atomic E-state index is 12.4. The third-order valence-electron chi connectivity index (χ3n) is 4.25. The van der Waals surface area contributed by atoms with Crippen LogP contribution < -0.4 is 5.32 Å². The van der Waals surface area contributed by atoms with E-state index in [9.17, 15) is 4.79 Å². The second-order valence-electron chi connectivity index (χ2n) is 6.12. The summed E-state index contributed by atoms with van der Waals surface area (Å²) in [4.78, 5) is 17.8. The van der Waals surface area contributed by atoms with Crippen molar-refractivity contribution in [2.75, 3.05) is 31.5 Å². The first-order chi connectivity index (χ1) is 11.7. The van der Waals surface area contributed by atoms with Crippen molar-refractivity contribution in [1.82, 2.24) is 20.0 Å². The Morgan fingerprint density at radius 2 is 2.00 bits per heavy atom. The van der Waals surface area contributed by atoms with Gasteiger partial charge >= 0.3 is 6.03 Å². The van der Waals surface area contributed by atoms with Gasteiger partial charge in [-0.15, -0.1) is 21.5 Å². The van der Waals surface area contributed by atoms with Crippen LogP contribution in [-0.2, 0) is 6.54 Å². The maximum Gasteiger partial charge on any atom is 0.323 e. The Bertz CT molecular complexity index is 721. The molecule has 1 aliphatic carbocycles. The molecule has 0 aromatic carbocycles. The van der Waals surface area contributed by atoms with Crippen molar-refractivity contribution in [3.8, 4) is 0 Å². The van der Waals surface area contributed by atoms with Crippen molar-refractivity contribution in [3.05, 3.63) is 26.4 Å². The van der Waals surface area contributed by atoms with E-state index in [1.54, 1.807) is 11.3 Å². The standard InChI is InChI=1S/C15H18ClN5OS2/c16-12-4-3-11(23-12)9-20-5-7-21(8-6-20)15(22)17-14-19-18-13(24-14)10-1-2-10/h3-4,10H,1-2,5-9H2,(H,17,19,22). The lowest BCUT2D eigenvalue weighted by Crippen LogP contribution is -2.49. The summed E-state index contributed by atoms with van der Waals surface area (Å²) in [5.41, 5.74) is 0. The molecule has 24 heavy (non-hydrogen) atoms. The summed E-state index contributed by atoms with van der Waals surface area (Å²) >= 11 is 9.09. The Balaban J connectivity index is 1.26. The van der Waals surface area contributed by atoms with Gasteiger partial charge in [0.25, 0.3) is 0 Å². The zero-order chi connectivity index (χ0) is 16.5. The minimum Gasteiger partial charge on any atom is -0.322 e. The van der Waals surface area contributed by atoms with Gasteiger partial charge in [-0.2, -0.15) is 0 Å². The number of urea groups is 1. The van der Waals surface area contributed by atoms with E-state index in [1.807, 2.05) is 11.0 Å². The van der Waals surface area contributed by atoms with E-state index in [2.05, 4.69) is 26.5 Å². The minimum absolute atomic E-state index is 0.0766. The van der Waals surface area contributed by atoms with Crippen LogP contribution in [-0.4, -0.2) is 52.2 Å². The molecule has 0 radical (unpaired) electrons. The lowest BCUT2D eigenvalue weighted by molar-refractivity contribution is 0.143. The number of amides is 2. The normalized spacial score (nSPS) is 18.8. The van der Waals surface area contributed by atoms with Crippen molar-refractivity contribution in [2.45, 2.75) is 25.3 Å². The summed E-state index contributed by atoms with van der Waals surface area (Å²) in [6.45, 7) is 4.07. The molecule has 3 heterocycles. The number of carbonyl (C=O) groups is 1. The first-order valence-electron chi connectivity index (χ1n) is 8.03. The number of rotatable bonds is 4. The third-order valence-corrected chi connectivity index (χ3v) is 6.47. The Kier molecular flexibility index (Phi) is 4.71. The lowest BCUT2D eigenvalue weighted by atomic mass is 10.3. The maximum atomic E-state index is 12.4. The number of hydrogen-bond donors (Lipinski definition) is 1. The topological polar surface area (TPSA) is 61.4 Å². The minimum atomic E-state index is -0.0766. The smallest absolute Gasteiger partial charge is 0.322 e. The monoisotopic (exact) mass is 383 g/mol. The van der Waals surface area contributed by atoms with Crippen LogP contribution >= 0.6 is 34.3 Å². The molecular weight excluding hydrogens is 366 g/mol. The Morgan fingerprint density at radius 3 is 2.67 bits per heavy atom. The van der Waals surface area contributed by atoms with E-state index in [0.717, 1.165) is 42.1 Å². The first-order valence-corrected chi connectivity index (χ1v) is 10.0. The molecule has 6 nitrogen and oxygen atoms in total. The van der Waals surface area contributed by atoms with Gasteiger partial charge in [0.2, 0.25) is 5.13 Å². The fourth-order valence-electron chi connectivity index (χ4n) is 2.72. The largest absolute Gasteiger partial charge is 0.323 e. The second-order valence-corrected chi connectivity index (χ2v) is 8.93. The summed E-state index contributed by atoms with van der Waals surface area (Å²) in [6.07, 6.45) is 2.39. The van der Waals surface area contributed by atoms with Crippen LogP contribution in [0.1, 0.15) is 28.6 Å². The molecule has 0 atom stereocenters. The van der Waals surface area contributed by atoms with E-state index in [1.165, 1.54) is 29.1 Å². The molecular formula is C15H18ClN5OS2. The molecule has 2 amide bonds. The van der Waals surface area contributed by atoms with Gasteiger partial charge in [-0.1, -0.05) is 22.9 Å². The molecule has 1 N–H and O–H groups in total. The van der Waals surface area contributed by atoms with Crippen LogP contribution in [0.2, 0.25) is 4.34 Å². The highest BCUT2D eigenvalue weighted by molar-refractivity contribution is 7.16. The van der Waals surface area contributed by atoms with Gasteiger partial charge in [-0.25, -0.2) is 4.79 Å². The van der Waals surface area contributed by atoms with Gasteiger partial charge in [0.15, 0.2) is 0 Å². The number of hydrogen-bond acceptors (Lipinski definition) is 6. The number of piperazine rings is 1. The number of aromatic nitrogens is 2. The molecule has 9 heteroatoms. The lowest BCUT2D eigenvalue weighted by Gasteiger charge is -2.34. The van der Waals surface area contributed by atoms with E-state index in [-0.39, 0.29) is 6.03 Å². The third kappa shape index (κ3) is 3.88. The number of thiophene rings is 1. The molecule has 2 fully saturated rings. The van der Waals surface area contributed by atoms with Crippen LogP contribution in [0, 0.1) is 0 Å². The van der Waals surface area contributed by atoms with Gasteiger partial charge in [-0.3, -0.25) is 10.2 Å². The van der Waals surface area contributed by atoms with Crippen molar-refractivity contribution in [1.29, 1.82) is 0 Å². The second kappa shape index (κ2) is 6.95. The Morgan fingerprint density at radius 1 is 1.21 bits per heavy atom. The van der Waals surface area contributed by atoms with Crippen molar-refractivity contribution < 1.29 is 4.79 Å². The Labute approximate surface area is 153 Å². The molecule has 1 saturated carbocycles. The van der Waals surface area contributed by atoms with Gasteiger partial charge in [0, 0.05) is 43.5 Å². The van der Waals surface area contributed by atoms with E-state index in [0.29, 0.717) is 11.0 Å². The van der Waals surface area contributed by atoms with Gasteiger partial charge < -0.3 is 4.90 Å². The van der Waals surface area contributed by atoms with E-state index in [4.69, 9.17) is 11.6 Å². The Hall–Kier alpha value is -1.22. The molecule has 0 spiro atoms. The predicted molar refractivity (Wildman–Crippen MR) is 97.1 cm³/mol. The summed E-state index contributed by atoms with van der Waals surface area (Å²) in [5.74, 6) is 0.572. The number of carbonyl (C=O) groups excluding carboxylic acids is 1. The van der Waals surface area contributed by atoms with Crippen LogP contribution in [0.4, 0.5) is 9.93 Å². The molecule has 2 aromatic heterocycles. The molecule has 1 aliphatic heterocycles. The molecule has 2 aliphatic rings. The number of halogens is 1. The average Bonchev–Trinajstić information content (AvgIpc) is 3.20. The number of nitrogens with zero attached hydrogens (tertiary/aromatic N) is 4. The summed E-state index contributed by atoms with van der Waals surface area (Å²) < 4.78 is 0.825. The van der Waals surface area contributed by atoms with Gasteiger partial charge in [-0.05, 0) is 25.0 Å². The summed E-state index contributed by atoms with van der Waals surface area (Å²) in [7, 11) is 0. The van der Waals surface area contributed by atoms with Crippen LogP contribution in [0.15, 0.2) is 12.1 Å². The van der Waals surface area contributed by atoms with Crippen molar-refractivity contribution >= 4 is 45.4 Å². The van der Waals surface area contributed by atoms with E-state index >= 15 is 0 Å². The van der Waals surface area contributed by atoms with Crippen molar-refractivity contribution in [3.63, 3.8) is 0 Å². The van der Waals surface area contributed by atoms with Crippen LogP contribution in [0.25, 0.3) is 0 Å². The highest BCUT2D eigenvalue weighted by Crippen LogP contribution is 2.42. The fourth-order valence-corrected chi connectivity index (χ4v) is 4.75. The first kappa shape index (κ1) is 16.3. The summed E-state index contributed by atoms with van der Waals surface area (Å²) in [5, 5.41) is 12.8. The molecule has 4 rings (SSSR count).